The fourth-order valence-corrected chi connectivity index (χ4v) is 2.67. The predicted molar refractivity (Wildman–Crippen MR) is 93.9 cm³/mol. The van der Waals surface area contributed by atoms with Gasteiger partial charge in [-0.15, -0.1) is 10.2 Å². The van der Waals surface area contributed by atoms with Crippen molar-refractivity contribution < 1.29 is 9.53 Å². The molecule has 1 unspecified atom stereocenters. The zero-order valence-corrected chi connectivity index (χ0v) is 14.3. The van der Waals surface area contributed by atoms with Gasteiger partial charge in [0.25, 0.3) is 0 Å². The van der Waals surface area contributed by atoms with Gasteiger partial charge in [0.05, 0.1) is 12.6 Å². The summed E-state index contributed by atoms with van der Waals surface area (Å²) in [6, 6.07) is 13.0. The predicted octanol–water partition coefficient (Wildman–Crippen LogP) is 2.44. The van der Waals surface area contributed by atoms with Crippen molar-refractivity contribution in [1.82, 2.24) is 25.2 Å². The Morgan fingerprint density at radius 3 is 2.72 bits per heavy atom. The number of carbonyl (C=O) groups excluding carboxylic acids is 1. The van der Waals surface area contributed by atoms with Gasteiger partial charge in [0, 0.05) is 19.9 Å². The highest BCUT2D eigenvalue weighted by Crippen LogP contribution is 2.12. The lowest BCUT2D eigenvalue weighted by atomic mass is 10.1. The molecule has 0 spiro atoms. The zero-order chi connectivity index (χ0) is 17.6. The first kappa shape index (κ1) is 16.9. The van der Waals surface area contributed by atoms with Crippen molar-refractivity contribution in [2.24, 2.45) is 0 Å². The molecule has 3 rings (SSSR count). The van der Waals surface area contributed by atoms with E-state index < -0.39 is 0 Å². The Hall–Kier alpha value is -2.93. The number of pyridine rings is 1. The van der Waals surface area contributed by atoms with E-state index >= 15 is 0 Å². The molecule has 1 atom stereocenters. The Kier molecular flexibility index (Phi) is 5.25. The monoisotopic (exact) mass is 339 g/mol. The summed E-state index contributed by atoms with van der Waals surface area (Å²) in [5.74, 6) is 0.686. The lowest BCUT2D eigenvalue weighted by molar-refractivity contribution is 0.184. The molecule has 3 aromatic rings. The number of hydrogen-bond acceptors (Lipinski definition) is 4. The number of nitrogens with zero attached hydrogens (tertiary/aromatic N) is 3. The van der Waals surface area contributed by atoms with Crippen LogP contribution in [0.15, 0.2) is 48.7 Å². The van der Waals surface area contributed by atoms with E-state index in [4.69, 9.17) is 4.74 Å². The number of amides is 2. The molecule has 0 bridgehead atoms. The van der Waals surface area contributed by atoms with Crippen LogP contribution in [-0.2, 0) is 17.9 Å². The molecule has 2 amide bonds. The third-order valence-corrected chi connectivity index (χ3v) is 3.93. The van der Waals surface area contributed by atoms with Crippen molar-refractivity contribution in [2.45, 2.75) is 26.1 Å². The average Bonchev–Trinajstić information content (AvgIpc) is 3.05. The molecule has 7 nitrogen and oxygen atoms in total. The average molecular weight is 339 g/mol. The number of ether oxygens (including phenoxy) is 1. The van der Waals surface area contributed by atoms with E-state index in [9.17, 15) is 4.79 Å². The number of benzene rings is 1. The molecule has 0 fully saturated rings. The van der Waals surface area contributed by atoms with Crippen LogP contribution in [0.4, 0.5) is 4.79 Å². The molecule has 0 aliphatic carbocycles. The van der Waals surface area contributed by atoms with Crippen LogP contribution in [0.3, 0.4) is 0 Å². The smallest absolute Gasteiger partial charge is 0.315 e. The second kappa shape index (κ2) is 7.76. The molecular formula is C18H21N5O2. The van der Waals surface area contributed by atoms with Gasteiger partial charge in [-0.3, -0.25) is 4.40 Å². The Bertz CT molecular complexity index is 861. The maximum Gasteiger partial charge on any atom is 0.315 e. The summed E-state index contributed by atoms with van der Waals surface area (Å²) in [6.45, 7) is 2.82. The summed E-state index contributed by atoms with van der Waals surface area (Å²) in [6.07, 6.45) is 1.88. The van der Waals surface area contributed by atoms with Crippen LogP contribution >= 0.6 is 0 Å². The van der Waals surface area contributed by atoms with E-state index in [2.05, 4.69) is 20.8 Å². The van der Waals surface area contributed by atoms with E-state index in [0.717, 1.165) is 16.8 Å². The highest BCUT2D eigenvalue weighted by molar-refractivity contribution is 5.74. The number of hydrogen-bond donors (Lipinski definition) is 2. The maximum absolute atomic E-state index is 12.2. The molecule has 130 valence electrons. The summed E-state index contributed by atoms with van der Waals surface area (Å²) in [7, 11) is 1.65. The number of fused-ring (bicyclic) bond motifs is 1. The van der Waals surface area contributed by atoms with Crippen LogP contribution in [0, 0.1) is 0 Å². The number of methoxy groups -OCH3 is 1. The highest BCUT2D eigenvalue weighted by Gasteiger charge is 2.15. The van der Waals surface area contributed by atoms with E-state index in [1.807, 2.05) is 60.0 Å². The number of carbonyl (C=O) groups is 1. The van der Waals surface area contributed by atoms with Crippen molar-refractivity contribution >= 4 is 11.7 Å². The topological polar surface area (TPSA) is 80.5 Å². The molecule has 0 radical (unpaired) electrons. The van der Waals surface area contributed by atoms with Gasteiger partial charge in [-0.1, -0.05) is 30.3 Å². The summed E-state index contributed by atoms with van der Waals surface area (Å²) in [5, 5.41) is 14.0. The molecule has 1 aromatic carbocycles. The number of aromatic nitrogens is 3. The van der Waals surface area contributed by atoms with Gasteiger partial charge < -0.3 is 15.4 Å². The van der Waals surface area contributed by atoms with Crippen LogP contribution in [0.5, 0.6) is 0 Å². The minimum absolute atomic E-state index is 0.257. The van der Waals surface area contributed by atoms with Crippen molar-refractivity contribution in [3.63, 3.8) is 0 Å². The van der Waals surface area contributed by atoms with E-state index in [1.54, 1.807) is 7.11 Å². The highest BCUT2D eigenvalue weighted by atomic mass is 16.5. The number of urea groups is 1. The molecule has 25 heavy (non-hydrogen) atoms. The zero-order valence-electron chi connectivity index (χ0n) is 14.3. The molecule has 0 saturated heterocycles. The normalized spacial score (nSPS) is 12.1. The number of nitrogens with one attached hydrogen (secondary N) is 2. The summed E-state index contributed by atoms with van der Waals surface area (Å²) < 4.78 is 7.04. The molecule has 0 aliphatic rings. The minimum Gasteiger partial charge on any atom is -0.380 e. The van der Waals surface area contributed by atoms with Crippen molar-refractivity contribution in [2.75, 3.05) is 7.11 Å². The lowest BCUT2D eigenvalue weighted by Crippen LogP contribution is -2.37. The molecular weight excluding hydrogens is 318 g/mol. The first-order valence-electron chi connectivity index (χ1n) is 8.09. The fraction of sp³-hybridized carbons (Fsp3) is 0.278. The second-order valence-corrected chi connectivity index (χ2v) is 5.74. The van der Waals surface area contributed by atoms with Crippen LogP contribution in [-0.4, -0.2) is 27.7 Å². The van der Waals surface area contributed by atoms with Crippen LogP contribution in [0.25, 0.3) is 5.65 Å². The molecule has 2 heterocycles. The van der Waals surface area contributed by atoms with Crippen LogP contribution in [0.1, 0.15) is 29.9 Å². The molecule has 2 aromatic heterocycles. The van der Waals surface area contributed by atoms with Crippen molar-refractivity contribution in [3.8, 4) is 0 Å². The third-order valence-electron chi connectivity index (χ3n) is 3.93. The van der Waals surface area contributed by atoms with Gasteiger partial charge in [-0.25, -0.2) is 4.79 Å². The van der Waals surface area contributed by atoms with E-state index in [0.29, 0.717) is 19.0 Å². The van der Waals surface area contributed by atoms with E-state index in [-0.39, 0.29) is 12.1 Å². The van der Waals surface area contributed by atoms with Gasteiger partial charge >= 0.3 is 6.03 Å². The minimum atomic E-state index is -0.272. The quantitative estimate of drug-likeness (QED) is 0.723. The van der Waals surface area contributed by atoms with E-state index in [1.165, 1.54) is 0 Å². The maximum atomic E-state index is 12.2. The van der Waals surface area contributed by atoms with Crippen LogP contribution < -0.4 is 10.6 Å². The molecule has 0 saturated carbocycles. The lowest BCUT2D eigenvalue weighted by Gasteiger charge is -2.14. The largest absolute Gasteiger partial charge is 0.380 e. The molecule has 7 heteroatoms. The van der Waals surface area contributed by atoms with Gasteiger partial charge in [-0.2, -0.15) is 0 Å². The van der Waals surface area contributed by atoms with Crippen molar-refractivity contribution in [3.05, 3.63) is 65.6 Å². The summed E-state index contributed by atoms with van der Waals surface area (Å²) in [5.41, 5.74) is 2.84. The van der Waals surface area contributed by atoms with Crippen molar-refractivity contribution in [1.29, 1.82) is 0 Å². The van der Waals surface area contributed by atoms with Gasteiger partial charge in [-0.05, 0) is 30.2 Å². The summed E-state index contributed by atoms with van der Waals surface area (Å²) >= 11 is 0. The first-order chi connectivity index (χ1) is 12.2. The van der Waals surface area contributed by atoms with Gasteiger partial charge in [0.15, 0.2) is 11.5 Å². The number of rotatable bonds is 6. The Morgan fingerprint density at radius 2 is 1.92 bits per heavy atom. The second-order valence-electron chi connectivity index (χ2n) is 5.74. The molecule has 0 aliphatic heterocycles. The Balaban J connectivity index is 1.61. The third kappa shape index (κ3) is 3.95. The van der Waals surface area contributed by atoms with Gasteiger partial charge in [0.1, 0.15) is 0 Å². The SMILES string of the molecule is COCc1ccccc1CNC(=O)NC(C)c1nnc2ccccn12. The molecule has 2 N–H and O–H groups in total. The van der Waals surface area contributed by atoms with Crippen LogP contribution in [0.2, 0.25) is 0 Å². The summed E-state index contributed by atoms with van der Waals surface area (Å²) in [4.78, 5) is 12.2. The standard InChI is InChI=1S/C18H21N5O2/c1-13(17-22-21-16-9-5-6-10-23(16)17)20-18(24)19-11-14-7-3-4-8-15(14)12-25-2/h3-10,13H,11-12H2,1-2H3,(H2,19,20,24). The fourth-order valence-electron chi connectivity index (χ4n) is 2.67. The Labute approximate surface area is 146 Å². The Morgan fingerprint density at radius 1 is 1.16 bits per heavy atom. The van der Waals surface area contributed by atoms with Gasteiger partial charge in [0.2, 0.25) is 0 Å². The first-order valence-corrected chi connectivity index (χ1v) is 8.09.